The van der Waals surface area contributed by atoms with Gasteiger partial charge >= 0.3 is 5.97 Å². The zero-order valence-corrected chi connectivity index (χ0v) is 12.4. The van der Waals surface area contributed by atoms with E-state index in [-0.39, 0.29) is 18.8 Å². The predicted molar refractivity (Wildman–Crippen MR) is 88.0 cm³/mol. The first-order chi connectivity index (χ1) is 11.1. The largest absolute Gasteiger partial charge is 0.423 e. The smallest absolute Gasteiger partial charge is 0.335 e. The summed E-state index contributed by atoms with van der Waals surface area (Å²) in [5.74, 6) is -0.412. The Balaban J connectivity index is 2.14. The Bertz CT molecular complexity index is 915. The van der Waals surface area contributed by atoms with Crippen LogP contribution < -0.4 is 4.74 Å². The molecule has 0 aliphatic heterocycles. The van der Waals surface area contributed by atoms with Gasteiger partial charge in [0.2, 0.25) is 0 Å². The molecule has 3 aromatic rings. The molecule has 4 heteroatoms. The van der Waals surface area contributed by atoms with Crippen molar-refractivity contribution in [3.63, 3.8) is 0 Å². The molecule has 0 bridgehead atoms. The summed E-state index contributed by atoms with van der Waals surface area (Å²) in [6.07, 6.45) is 1.39. The maximum atomic E-state index is 14.5. The maximum Gasteiger partial charge on any atom is 0.335 e. The van der Waals surface area contributed by atoms with E-state index in [1.165, 1.54) is 0 Å². The lowest BCUT2D eigenvalue weighted by atomic mass is 9.98. The standard InChI is InChI=1S/C19H15FO3/c1-2-18(22)23-14-5-8-15-13(11-14)4-7-17-16(15)6-3-12(9-10-21)19(17)20/h2-8,11,21H,1,9-10H2. The zero-order valence-electron chi connectivity index (χ0n) is 12.4. The average Bonchev–Trinajstić information content (AvgIpc) is 2.57. The van der Waals surface area contributed by atoms with E-state index in [1.54, 1.807) is 36.4 Å². The number of carbonyl (C=O) groups is 1. The number of hydrogen-bond acceptors (Lipinski definition) is 3. The summed E-state index contributed by atoms with van der Waals surface area (Å²) in [6.45, 7) is 3.27. The number of rotatable bonds is 4. The van der Waals surface area contributed by atoms with E-state index in [4.69, 9.17) is 9.84 Å². The van der Waals surface area contributed by atoms with Crippen LogP contribution in [0, 0.1) is 5.82 Å². The molecule has 3 aromatic carbocycles. The highest BCUT2D eigenvalue weighted by Crippen LogP contribution is 2.31. The maximum absolute atomic E-state index is 14.5. The highest BCUT2D eigenvalue weighted by Gasteiger charge is 2.10. The lowest BCUT2D eigenvalue weighted by Crippen LogP contribution is -2.02. The van der Waals surface area contributed by atoms with E-state index in [9.17, 15) is 9.18 Å². The van der Waals surface area contributed by atoms with Gasteiger partial charge in [-0.15, -0.1) is 0 Å². The van der Waals surface area contributed by atoms with E-state index < -0.39 is 5.97 Å². The Morgan fingerprint density at radius 2 is 1.87 bits per heavy atom. The van der Waals surface area contributed by atoms with Crippen molar-refractivity contribution in [2.24, 2.45) is 0 Å². The first-order valence-corrected chi connectivity index (χ1v) is 7.23. The minimum atomic E-state index is -0.523. The van der Waals surface area contributed by atoms with Crippen molar-refractivity contribution in [3.8, 4) is 5.75 Å². The van der Waals surface area contributed by atoms with E-state index in [2.05, 4.69) is 6.58 Å². The predicted octanol–water partition coefficient (Wildman–Crippen LogP) is 3.76. The SMILES string of the molecule is C=CC(=O)Oc1ccc2c(ccc3c(F)c(CCO)ccc32)c1. The third kappa shape index (κ3) is 2.81. The molecule has 1 N–H and O–H groups in total. The fourth-order valence-electron chi connectivity index (χ4n) is 2.67. The van der Waals surface area contributed by atoms with Crippen LogP contribution >= 0.6 is 0 Å². The molecule has 0 heterocycles. The first kappa shape index (κ1) is 15.2. The normalized spacial score (nSPS) is 10.9. The number of benzene rings is 3. The number of fused-ring (bicyclic) bond motifs is 3. The number of hydrogen-bond donors (Lipinski definition) is 1. The lowest BCUT2D eigenvalue weighted by molar-refractivity contribution is -0.128. The highest BCUT2D eigenvalue weighted by molar-refractivity contribution is 6.08. The Hall–Kier alpha value is -2.72. The summed E-state index contributed by atoms with van der Waals surface area (Å²) in [5.41, 5.74) is 0.496. The van der Waals surface area contributed by atoms with Crippen molar-refractivity contribution < 1.29 is 19.0 Å². The minimum Gasteiger partial charge on any atom is -0.423 e. The van der Waals surface area contributed by atoms with Gasteiger partial charge in [0.15, 0.2) is 0 Å². The second-order valence-electron chi connectivity index (χ2n) is 5.18. The van der Waals surface area contributed by atoms with Crippen molar-refractivity contribution in [2.75, 3.05) is 6.61 Å². The third-order valence-corrected chi connectivity index (χ3v) is 3.77. The van der Waals surface area contributed by atoms with Crippen molar-refractivity contribution >= 4 is 27.5 Å². The molecule has 0 unspecified atom stereocenters. The van der Waals surface area contributed by atoms with Gasteiger partial charge in [0.05, 0.1) is 0 Å². The fraction of sp³-hybridized carbons (Fsp3) is 0.105. The first-order valence-electron chi connectivity index (χ1n) is 7.23. The molecule has 0 aliphatic carbocycles. The van der Waals surface area contributed by atoms with Crippen LogP contribution in [0.25, 0.3) is 21.5 Å². The van der Waals surface area contributed by atoms with Crippen LogP contribution in [-0.4, -0.2) is 17.7 Å². The Morgan fingerprint density at radius 1 is 1.13 bits per heavy atom. The summed E-state index contributed by atoms with van der Waals surface area (Å²) >= 11 is 0. The zero-order chi connectivity index (χ0) is 16.4. The van der Waals surface area contributed by atoms with Gasteiger partial charge in [0, 0.05) is 18.1 Å². The lowest BCUT2D eigenvalue weighted by Gasteiger charge is -2.09. The molecule has 0 aliphatic rings. The van der Waals surface area contributed by atoms with E-state index in [1.807, 2.05) is 6.07 Å². The molecule has 116 valence electrons. The van der Waals surface area contributed by atoms with Crippen LogP contribution in [0.2, 0.25) is 0 Å². The number of aliphatic hydroxyl groups is 1. The second-order valence-corrected chi connectivity index (χ2v) is 5.18. The molecule has 0 fully saturated rings. The van der Waals surface area contributed by atoms with Gasteiger partial charge in [-0.2, -0.15) is 0 Å². The van der Waals surface area contributed by atoms with Gasteiger partial charge in [0.25, 0.3) is 0 Å². The number of esters is 1. The van der Waals surface area contributed by atoms with Gasteiger partial charge in [-0.1, -0.05) is 36.9 Å². The van der Waals surface area contributed by atoms with E-state index in [0.29, 0.717) is 16.7 Å². The van der Waals surface area contributed by atoms with Gasteiger partial charge in [-0.05, 0) is 40.3 Å². The van der Waals surface area contributed by atoms with Crippen molar-refractivity contribution in [1.29, 1.82) is 0 Å². The summed E-state index contributed by atoms with van der Waals surface area (Å²) < 4.78 is 19.6. The number of halogens is 1. The van der Waals surface area contributed by atoms with E-state index >= 15 is 0 Å². The molecule has 0 atom stereocenters. The molecule has 0 amide bonds. The summed E-state index contributed by atoms with van der Waals surface area (Å²) in [6, 6.07) is 12.2. The second kappa shape index (κ2) is 6.18. The number of carbonyl (C=O) groups excluding carboxylic acids is 1. The van der Waals surface area contributed by atoms with Gasteiger partial charge < -0.3 is 9.84 Å². The van der Waals surface area contributed by atoms with Crippen LogP contribution in [0.15, 0.2) is 55.1 Å². The van der Waals surface area contributed by atoms with Gasteiger partial charge in [-0.25, -0.2) is 9.18 Å². The average molecular weight is 310 g/mol. The summed E-state index contributed by atoms with van der Waals surface area (Å²) in [7, 11) is 0. The van der Waals surface area contributed by atoms with Crippen LogP contribution in [0.1, 0.15) is 5.56 Å². The number of ether oxygens (including phenoxy) is 1. The molecular weight excluding hydrogens is 295 g/mol. The van der Waals surface area contributed by atoms with Crippen LogP contribution in [0.3, 0.4) is 0 Å². The third-order valence-electron chi connectivity index (χ3n) is 3.77. The summed E-state index contributed by atoms with van der Waals surface area (Å²) in [5, 5.41) is 12.0. The molecule has 0 radical (unpaired) electrons. The topological polar surface area (TPSA) is 46.5 Å². The van der Waals surface area contributed by atoms with E-state index in [0.717, 1.165) is 22.2 Å². The fourth-order valence-corrected chi connectivity index (χ4v) is 2.67. The number of aliphatic hydroxyl groups excluding tert-OH is 1. The van der Waals surface area contributed by atoms with Crippen molar-refractivity contribution in [2.45, 2.75) is 6.42 Å². The summed E-state index contributed by atoms with van der Waals surface area (Å²) in [4.78, 5) is 11.3. The van der Waals surface area contributed by atoms with Gasteiger partial charge in [0.1, 0.15) is 11.6 Å². The van der Waals surface area contributed by atoms with Crippen LogP contribution in [-0.2, 0) is 11.2 Å². The van der Waals surface area contributed by atoms with Crippen LogP contribution in [0.5, 0.6) is 5.75 Å². The molecule has 3 nitrogen and oxygen atoms in total. The molecule has 0 spiro atoms. The molecule has 0 aromatic heterocycles. The van der Waals surface area contributed by atoms with Gasteiger partial charge in [-0.3, -0.25) is 0 Å². The monoisotopic (exact) mass is 310 g/mol. The molecule has 0 saturated heterocycles. The molecule has 0 saturated carbocycles. The quantitative estimate of drug-likeness (QED) is 0.345. The Kier molecular flexibility index (Phi) is 4.08. The van der Waals surface area contributed by atoms with Crippen LogP contribution in [0.4, 0.5) is 4.39 Å². The van der Waals surface area contributed by atoms with Crippen molar-refractivity contribution in [1.82, 2.24) is 0 Å². The minimum absolute atomic E-state index is 0.0892. The Labute approximate surface area is 132 Å². The molecule has 23 heavy (non-hydrogen) atoms. The van der Waals surface area contributed by atoms with Crippen molar-refractivity contribution in [3.05, 3.63) is 66.5 Å². The Morgan fingerprint density at radius 3 is 2.61 bits per heavy atom. The molecule has 3 rings (SSSR count). The highest BCUT2D eigenvalue weighted by atomic mass is 19.1. The molecular formula is C19H15FO3.